The Morgan fingerprint density at radius 3 is 2.52 bits per heavy atom. The van der Waals surface area contributed by atoms with E-state index in [2.05, 4.69) is 23.2 Å². The van der Waals surface area contributed by atoms with Crippen molar-refractivity contribution in [2.45, 2.75) is 32.6 Å². The van der Waals surface area contributed by atoms with Gasteiger partial charge in [-0.05, 0) is 44.9 Å². The molecule has 122 valence electrons. The van der Waals surface area contributed by atoms with Crippen molar-refractivity contribution in [2.75, 3.05) is 12.9 Å². The molecule has 0 aliphatic carbocycles. The molecule has 0 saturated heterocycles. The summed E-state index contributed by atoms with van der Waals surface area (Å²) in [6, 6.07) is 6.20. The molecule has 2 aromatic rings. The van der Waals surface area contributed by atoms with Gasteiger partial charge in [0.15, 0.2) is 5.78 Å². The number of carbonyl (C=O) groups is 2. The Kier molecular flexibility index (Phi) is 5.31. The smallest absolute Gasteiger partial charge is 0.339 e. The molecule has 1 aromatic heterocycles. The van der Waals surface area contributed by atoms with Gasteiger partial charge in [0.05, 0.1) is 24.1 Å². The molecule has 23 heavy (non-hydrogen) atoms. The summed E-state index contributed by atoms with van der Waals surface area (Å²) in [6.07, 6.45) is 0. The first-order valence-corrected chi connectivity index (χ1v) is 8.34. The molecule has 0 bridgehead atoms. The molecule has 0 unspecified atom stereocenters. The van der Waals surface area contributed by atoms with Crippen molar-refractivity contribution in [3.63, 3.8) is 0 Å². The number of carbonyl (C=O) groups excluding carboxylic acids is 2. The van der Waals surface area contributed by atoms with Gasteiger partial charge in [0.2, 0.25) is 0 Å². The second-order valence-corrected chi connectivity index (χ2v) is 6.61. The molecule has 4 nitrogen and oxygen atoms in total. The molecule has 0 fully saturated rings. The lowest BCUT2D eigenvalue weighted by Crippen LogP contribution is -2.07. The van der Waals surface area contributed by atoms with Gasteiger partial charge in [-0.15, -0.1) is 11.8 Å². The molecule has 1 aromatic carbocycles. The first-order chi connectivity index (χ1) is 10.8. The van der Waals surface area contributed by atoms with Gasteiger partial charge >= 0.3 is 5.97 Å². The predicted molar refractivity (Wildman–Crippen MR) is 92.6 cm³/mol. The second-order valence-electron chi connectivity index (χ2n) is 5.60. The van der Waals surface area contributed by atoms with Crippen molar-refractivity contribution >= 4 is 23.5 Å². The number of Topliss-reactive ketones (excluding diaryl/α,β-unsaturated/α-hetero) is 1. The maximum atomic E-state index is 12.5. The standard InChI is InChI=1S/C18H21NO3S/c1-10-6-7-11(2)15(8-10)23-9-14(20)17-12(3)16(13(4)19-17)18(21)22-5/h6-8,19H,9H2,1-5H3. The molecular formula is C18H21NO3S. The number of ketones is 1. The van der Waals surface area contributed by atoms with E-state index in [1.165, 1.54) is 24.4 Å². The van der Waals surface area contributed by atoms with Crippen LogP contribution in [0.1, 0.15) is 43.2 Å². The monoisotopic (exact) mass is 331 g/mol. The number of rotatable bonds is 5. The Hall–Kier alpha value is -2.01. The zero-order valence-corrected chi connectivity index (χ0v) is 14.9. The van der Waals surface area contributed by atoms with Gasteiger partial charge in [-0.25, -0.2) is 4.79 Å². The summed E-state index contributed by atoms with van der Waals surface area (Å²) in [7, 11) is 1.34. The number of hydrogen-bond donors (Lipinski definition) is 1. The fourth-order valence-electron chi connectivity index (χ4n) is 2.52. The summed E-state index contributed by atoms with van der Waals surface area (Å²) < 4.78 is 4.77. The average Bonchev–Trinajstić information content (AvgIpc) is 2.82. The van der Waals surface area contributed by atoms with Crippen molar-refractivity contribution in [2.24, 2.45) is 0 Å². The number of benzene rings is 1. The van der Waals surface area contributed by atoms with Crippen LogP contribution >= 0.6 is 11.8 Å². The topological polar surface area (TPSA) is 59.2 Å². The van der Waals surface area contributed by atoms with Gasteiger partial charge in [-0.3, -0.25) is 4.79 Å². The van der Waals surface area contributed by atoms with E-state index in [4.69, 9.17) is 4.74 Å². The van der Waals surface area contributed by atoms with E-state index < -0.39 is 5.97 Å². The minimum absolute atomic E-state index is 0.0216. The van der Waals surface area contributed by atoms with Crippen LogP contribution in [0.2, 0.25) is 0 Å². The Labute approximate surface area is 140 Å². The number of methoxy groups -OCH3 is 1. The lowest BCUT2D eigenvalue weighted by atomic mass is 10.1. The molecule has 1 heterocycles. The molecule has 0 aliphatic rings. The Balaban J connectivity index is 2.19. The number of hydrogen-bond acceptors (Lipinski definition) is 4. The number of nitrogens with one attached hydrogen (secondary N) is 1. The Morgan fingerprint density at radius 1 is 1.17 bits per heavy atom. The number of aryl methyl sites for hydroxylation is 3. The van der Waals surface area contributed by atoms with E-state index in [0.29, 0.717) is 28.3 Å². The zero-order valence-electron chi connectivity index (χ0n) is 14.1. The Bertz CT molecular complexity index is 762. The third-order valence-corrected chi connectivity index (χ3v) is 4.97. The highest BCUT2D eigenvalue weighted by Gasteiger charge is 2.22. The fraction of sp³-hybridized carbons (Fsp3) is 0.333. The predicted octanol–water partition coefficient (Wildman–Crippen LogP) is 4.01. The first-order valence-electron chi connectivity index (χ1n) is 7.36. The summed E-state index contributed by atoms with van der Waals surface area (Å²) in [4.78, 5) is 28.4. The quantitative estimate of drug-likeness (QED) is 0.511. The van der Waals surface area contributed by atoms with Crippen molar-refractivity contribution in [3.8, 4) is 0 Å². The number of esters is 1. The number of H-pyrrole nitrogens is 1. The van der Waals surface area contributed by atoms with Gasteiger partial charge in [0.1, 0.15) is 0 Å². The van der Waals surface area contributed by atoms with E-state index in [-0.39, 0.29) is 5.78 Å². The van der Waals surface area contributed by atoms with Crippen LogP contribution in [0.4, 0.5) is 0 Å². The highest BCUT2D eigenvalue weighted by molar-refractivity contribution is 8.00. The zero-order chi connectivity index (χ0) is 17.1. The lowest BCUT2D eigenvalue weighted by molar-refractivity contribution is 0.0599. The van der Waals surface area contributed by atoms with E-state index in [9.17, 15) is 9.59 Å². The number of thioether (sulfide) groups is 1. The van der Waals surface area contributed by atoms with Crippen molar-refractivity contribution in [1.82, 2.24) is 4.98 Å². The van der Waals surface area contributed by atoms with E-state index in [0.717, 1.165) is 10.5 Å². The van der Waals surface area contributed by atoms with E-state index in [1.807, 2.05) is 13.8 Å². The lowest BCUT2D eigenvalue weighted by Gasteiger charge is -2.06. The summed E-state index contributed by atoms with van der Waals surface area (Å²) >= 11 is 1.52. The second kappa shape index (κ2) is 7.04. The van der Waals surface area contributed by atoms with Crippen LogP contribution in [0, 0.1) is 27.7 Å². The molecule has 2 rings (SSSR count). The van der Waals surface area contributed by atoms with Crippen LogP contribution in [-0.4, -0.2) is 29.6 Å². The molecule has 0 radical (unpaired) electrons. The third kappa shape index (κ3) is 3.67. The number of aromatic amines is 1. The van der Waals surface area contributed by atoms with Gasteiger partial charge in [-0.2, -0.15) is 0 Å². The highest BCUT2D eigenvalue weighted by atomic mass is 32.2. The number of aromatic nitrogens is 1. The maximum Gasteiger partial charge on any atom is 0.339 e. The van der Waals surface area contributed by atoms with Gasteiger partial charge < -0.3 is 9.72 Å². The van der Waals surface area contributed by atoms with Gasteiger partial charge in [-0.1, -0.05) is 17.7 Å². The van der Waals surface area contributed by atoms with Crippen LogP contribution in [0.15, 0.2) is 23.1 Å². The maximum absolute atomic E-state index is 12.5. The number of ether oxygens (including phenoxy) is 1. The first kappa shape index (κ1) is 17.3. The van der Waals surface area contributed by atoms with Crippen LogP contribution < -0.4 is 0 Å². The highest BCUT2D eigenvalue weighted by Crippen LogP contribution is 2.26. The average molecular weight is 331 g/mol. The SMILES string of the molecule is COC(=O)c1c(C)[nH]c(C(=O)CSc2cc(C)ccc2C)c1C. The molecule has 1 N–H and O–H groups in total. The summed E-state index contributed by atoms with van der Waals surface area (Å²) in [5.74, 6) is -0.116. The van der Waals surface area contributed by atoms with Gasteiger partial charge in [0.25, 0.3) is 0 Å². The summed E-state index contributed by atoms with van der Waals surface area (Å²) in [5, 5.41) is 0. The fourth-order valence-corrected chi connectivity index (χ4v) is 3.51. The molecule has 5 heteroatoms. The molecular weight excluding hydrogens is 310 g/mol. The minimum atomic E-state index is -0.419. The molecule has 0 atom stereocenters. The third-order valence-electron chi connectivity index (χ3n) is 3.81. The van der Waals surface area contributed by atoms with E-state index >= 15 is 0 Å². The van der Waals surface area contributed by atoms with Crippen LogP contribution in [0.25, 0.3) is 0 Å². The molecule has 0 saturated carbocycles. The van der Waals surface area contributed by atoms with Crippen molar-refractivity contribution in [3.05, 3.63) is 51.8 Å². The molecule has 0 aliphatic heterocycles. The normalized spacial score (nSPS) is 10.7. The van der Waals surface area contributed by atoms with Crippen LogP contribution in [-0.2, 0) is 4.74 Å². The molecule has 0 spiro atoms. The minimum Gasteiger partial charge on any atom is -0.465 e. The van der Waals surface area contributed by atoms with Crippen LogP contribution in [0.5, 0.6) is 0 Å². The summed E-state index contributed by atoms with van der Waals surface area (Å²) in [5.41, 5.74) is 4.58. The van der Waals surface area contributed by atoms with Gasteiger partial charge in [0, 0.05) is 10.6 Å². The summed E-state index contributed by atoms with van der Waals surface area (Å²) in [6.45, 7) is 7.61. The van der Waals surface area contributed by atoms with Crippen LogP contribution in [0.3, 0.4) is 0 Å². The van der Waals surface area contributed by atoms with Crippen molar-refractivity contribution < 1.29 is 14.3 Å². The van der Waals surface area contributed by atoms with Crippen molar-refractivity contribution in [1.29, 1.82) is 0 Å². The molecule has 0 amide bonds. The largest absolute Gasteiger partial charge is 0.465 e. The Morgan fingerprint density at radius 2 is 1.87 bits per heavy atom. The van der Waals surface area contributed by atoms with E-state index in [1.54, 1.807) is 13.8 Å².